The number of hydrogen-bond acceptors (Lipinski definition) is 4. The number of rotatable bonds is 2. The minimum absolute atomic E-state index is 0.194. The summed E-state index contributed by atoms with van der Waals surface area (Å²) in [5.41, 5.74) is 1.29. The minimum atomic E-state index is -0.260. The topological polar surface area (TPSA) is 85.0 Å². The Labute approximate surface area is 125 Å². The third kappa shape index (κ3) is 2.16. The van der Waals surface area contributed by atoms with E-state index in [1.165, 1.54) is 15.6 Å². The lowest BCUT2D eigenvalue weighted by molar-refractivity contribution is 0.730. The maximum absolute atomic E-state index is 12.5. The zero-order chi connectivity index (χ0) is 15.9. The zero-order valence-corrected chi connectivity index (χ0v) is 12.5. The van der Waals surface area contributed by atoms with Crippen LogP contribution in [0.2, 0.25) is 0 Å². The van der Waals surface area contributed by atoms with Gasteiger partial charge in [0.25, 0.3) is 11.1 Å². The van der Waals surface area contributed by atoms with Crippen LogP contribution < -0.4 is 11.1 Å². The van der Waals surface area contributed by atoms with Crippen LogP contribution in [0.5, 0.6) is 0 Å². The normalized spacial score (nSPS) is 11.6. The lowest BCUT2D eigenvalue weighted by atomic mass is 10.2. The van der Waals surface area contributed by atoms with Gasteiger partial charge in [0.05, 0.1) is 22.7 Å². The molecule has 0 amide bonds. The fourth-order valence-electron chi connectivity index (χ4n) is 2.34. The lowest BCUT2D eigenvalue weighted by Gasteiger charge is -2.04. The van der Waals surface area contributed by atoms with Crippen molar-refractivity contribution < 1.29 is 0 Å². The number of aromatic amines is 1. The van der Waals surface area contributed by atoms with Gasteiger partial charge >= 0.3 is 0 Å². The SMILES string of the molecule is Cc1[nH]n(C)c(=O)c1C=Nn1c(C)nc2ccccc2c1=O. The molecule has 0 radical (unpaired) electrons. The third-order valence-corrected chi connectivity index (χ3v) is 3.49. The van der Waals surface area contributed by atoms with Crippen LogP contribution >= 0.6 is 0 Å². The van der Waals surface area contributed by atoms with E-state index in [2.05, 4.69) is 15.2 Å². The number of H-pyrrole nitrogens is 1. The van der Waals surface area contributed by atoms with Crippen molar-refractivity contribution in [1.82, 2.24) is 19.4 Å². The molecule has 0 atom stereocenters. The number of benzene rings is 1. The molecule has 3 aromatic rings. The lowest BCUT2D eigenvalue weighted by Crippen LogP contribution is -2.21. The highest BCUT2D eigenvalue weighted by molar-refractivity contribution is 5.81. The summed E-state index contributed by atoms with van der Waals surface area (Å²) in [5, 5.41) is 7.51. The van der Waals surface area contributed by atoms with E-state index in [-0.39, 0.29) is 11.1 Å². The van der Waals surface area contributed by atoms with Crippen molar-refractivity contribution in [1.29, 1.82) is 0 Å². The molecule has 1 N–H and O–H groups in total. The Balaban J connectivity index is 2.17. The number of aromatic nitrogens is 4. The van der Waals surface area contributed by atoms with Crippen LogP contribution in [0.15, 0.2) is 39.0 Å². The summed E-state index contributed by atoms with van der Waals surface area (Å²) >= 11 is 0. The summed E-state index contributed by atoms with van der Waals surface area (Å²) in [7, 11) is 1.63. The van der Waals surface area contributed by atoms with Crippen LogP contribution in [0.1, 0.15) is 17.1 Å². The molecule has 0 aliphatic heterocycles. The number of aryl methyl sites for hydroxylation is 3. The molecule has 0 aliphatic carbocycles. The van der Waals surface area contributed by atoms with E-state index < -0.39 is 0 Å². The predicted octanol–water partition coefficient (Wildman–Crippen LogP) is 0.922. The Morgan fingerprint density at radius 2 is 1.91 bits per heavy atom. The third-order valence-electron chi connectivity index (χ3n) is 3.49. The molecule has 1 aromatic carbocycles. The van der Waals surface area contributed by atoms with Gasteiger partial charge in [-0.15, -0.1) is 0 Å². The van der Waals surface area contributed by atoms with Crippen LogP contribution in [0.4, 0.5) is 0 Å². The first kappa shape index (κ1) is 14.0. The molecule has 7 nitrogen and oxygen atoms in total. The van der Waals surface area contributed by atoms with Crippen molar-refractivity contribution in [2.45, 2.75) is 13.8 Å². The molecule has 0 unspecified atom stereocenters. The minimum Gasteiger partial charge on any atom is -0.300 e. The molecule has 0 saturated heterocycles. The molecule has 2 heterocycles. The first-order valence-electron chi connectivity index (χ1n) is 6.77. The molecule has 112 valence electrons. The number of fused-ring (bicyclic) bond motifs is 1. The smallest absolute Gasteiger partial charge is 0.282 e. The van der Waals surface area contributed by atoms with Crippen LogP contribution in [0.25, 0.3) is 10.9 Å². The van der Waals surface area contributed by atoms with Gasteiger partial charge in [0.2, 0.25) is 0 Å². The summed E-state index contributed by atoms with van der Waals surface area (Å²) in [4.78, 5) is 28.8. The van der Waals surface area contributed by atoms with Gasteiger partial charge in [-0.05, 0) is 26.0 Å². The van der Waals surface area contributed by atoms with Crippen LogP contribution in [-0.2, 0) is 7.05 Å². The van der Waals surface area contributed by atoms with Gasteiger partial charge in [-0.2, -0.15) is 9.78 Å². The molecule has 0 spiro atoms. The molecular weight excluding hydrogens is 282 g/mol. The fraction of sp³-hybridized carbons (Fsp3) is 0.200. The van der Waals surface area contributed by atoms with E-state index in [0.717, 1.165) is 0 Å². The van der Waals surface area contributed by atoms with Crippen molar-refractivity contribution in [3.8, 4) is 0 Å². The average Bonchev–Trinajstić information content (AvgIpc) is 2.73. The van der Waals surface area contributed by atoms with Gasteiger partial charge in [-0.1, -0.05) is 12.1 Å². The van der Waals surface area contributed by atoms with Gasteiger partial charge in [0, 0.05) is 12.7 Å². The van der Waals surface area contributed by atoms with Crippen molar-refractivity contribution >= 4 is 17.1 Å². The van der Waals surface area contributed by atoms with Gasteiger partial charge < -0.3 is 0 Å². The molecule has 7 heteroatoms. The van der Waals surface area contributed by atoms with E-state index in [1.54, 1.807) is 39.1 Å². The highest BCUT2D eigenvalue weighted by atomic mass is 16.1. The van der Waals surface area contributed by atoms with Gasteiger partial charge in [-0.25, -0.2) is 4.98 Å². The van der Waals surface area contributed by atoms with Crippen molar-refractivity contribution in [3.63, 3.8) is 0 Å². The summed E-state index contributed by atoms with van der Waals surface area (Å²) in [5.74, 6) is 0.463. The van der Waals surface area contributed by atoms with Crippen molar-refractivity contribution in [3.05, 3.63) is 62.1 Å². The molecule has 0 saturated carbocycles. The number of nitrogens with zero attached hydrogens (tertiary/aromatic N) is 4. The largest absolute Gasteiger partial charge is 0.300 e. The molecule has 0 bridgehead atoms. The summed E-state index contributed by atoms with van der Waals surface area (Å²) in [6, 6.07) is 7.09. The van der Waals surface area contributed by atoms with Crippen LogP contribution in [0, 0.1) is 13.8 Å². The van der Waals surface area contributed by atoms with E-state index in [9.17, 15) is 9.59 Å². The second-order valence-electron chi connectivity index (χ2n) is 5.05. The van der Waals surface area contributed by atoms with Crippen LogP contribution in [-0.4, -0.2) is 25.7 Å². The molecule has 3 rings (SSSR count). The van der Waals surface area contributed by atoms with E-state index in [4.69, 9.17) is 0 Å². The number of nitrogens with one attached hydrogen (secondary N) is 1. The summed E-state index contributed by atoms with van der Waals surface area (Å²) in [6.07, 6.45) is 1.39. The molecule has 22 heavy (non-hydrogen) atoms. The standard InChI is InChI=1S/C15H15N5O2/c1-9-12(14(21)19(3)18-9)8-16-20-10(2)17-13-7-5-4-6-11(13)15(20)22/h4-8,18H,1-3H3. The first-order valence-corrected chi connectivity index (χ1v) is 6.77. The highest BCUT2D eigenvalue weighted by Gasteiger charge is 2.09. The number of para-hydroxylation sites is 1. The average molecular weight is 297 g/mol. The summed E-state index contributed by atoms with van der Waals surface area (Å²) in [6.45, 7) is 3.48. The Morgan fingerprint density at radius 3 is 2.59 bits per heavy atom. The van der Waals surface area contributed by atoms with Gasteiger partial charge in [0.1, 0.15) is 5.82 Å². The molecule has 0 aliphatic rings. The molecular formula is C15H15N5O2. The monoisotopic (exact) mass is 297 g/mol. The van der Waals surface area contributed by atoms with E-state index >= 15 is 0 Å². The van der Waals surface area contributed by atoms with E-state index in [1.807, 2.05) is 6.07 Å². The van der Waals surface area contributed by atoms with Crippen molar-refractivity contribution in [2.75, 3.05) is 0 Å². The first-order chi connectivity index (χ1) is 10.5. The number of hydrogen-bond donors (Lipinski definition) is 1. The van der Waals surface area contributed by atoms with Crippen molar-refractivity contribution in [2.24, 2.45) is 12.1 Å². The van der Waals surface area contributed by atoms with Gasteiger partial charge in [-0.3, -0.25) is 19.4 Å². The predicted molar refractivity (Wildman–Crippen MR) is 84.5 cm³/mol. The Kier molecular flexibility index (Phi) is 3.25. The Bertz CT molecular complexity index is 1010. The maximum atomic E-state index is 12.5. The second-order valence-corrected chi connectivity index (χ2v) is 5.05. The second kappa shape index (κ2) is 5.10. The molecule has 0 fully saturated rings. The maximum Gasteiger partial charge on any atom is 0.282 e. The molecule has 2 aromatic heterocycles. The van der Waals surface area contributed by atoms with Crippen LogP contribution in [0.3, 0.4) is 0 Å². The summed E-state index contributed by atoms with van der Waals surface area (Å²) < 4.78 is 2.57. The van der Waals surface area contributed by atoms with E-state index in [0.29, 0.717) is 28.0 Å². The zero-order valence-electron chi connectivity index (χ0n) is 12.5. The quantitative estimate of drug-likeness (QED) is 0.714. The highest BCUT2D eigenvalue weighted by Crippen LogP contribution is 2.07. The Morgan fingerprint density at radius 1 is 1.18 bits per heavy atom. The Hall–Kier alpha value is -2.96. The van der Waals surface area contributed by atoms with Gasteiger partial charge in [0.15, 0.2) is 0 Å². The fourth-order valence-corrected chi connectivity index (χ4v) is 2.34.